The van der Waals surface area contributed by atoms with Gasteiger partial charge in [-0.15, -0.1) is 0 Å². The molecule has 0 aliphatic rings. The summed E-state index contributed by atoms with van der Waals surface area (Å²) >= 11 is 11.4. The van der Waals surface area contributed by atoms with E-state index in [1.54, 1.807) is 0 Å². The molecule has 0 saturated heterocycles. The molecule has 2 nitrogen and oxygen atoms in total. The monoisotopic (exact) mass is 254 g/mol. The van der Waals surface area contributed by atoms with Crippen LogP contribution in [-0.4, -0.2) is 9.55 Å². The zero-order valence-corrected chi connectivity index (χ0v) is 11.0. The molecule has 0 amide bonds. The van der Waals surface area contributed by atoms with E-state index in [9.17, 15) is 0 Å². The molecule has 0 spiro atoms. The lowest BCUT2D eigenvalue weighted by molar-refractivity contribution is 0.507. The number of hydrogen-bond acceptors (Lipinski definition) is 1. The number of nitrogens with one attached hydrogen (secondary N) is 1. The van der Waals surface area contributed by atoms with Gasteiger partial charge in [0.05, 0.1) is 11.0 Å². The van der Waals surface area contributed by atoms with Gasteiger partial charge in [0.25, 0.3) is 0 Å². The number of benzene rings is 1. The van der Waals surface area contributed by atoms with Gasteiger partial charge >= 0.3 is 0 Å². The van der Waals surface area contributed by atoms with E-state index >= 15 is 0 Å². The molecule has 1 N–H and O–H groups in total. The molecule has 0 saturated carbocycles. The molecule has 0 bridgehead atoms. The number of H-pyrrole nitrogens is 1. The van der Waals surface area contributed by atoms with Gasteiger partial charge in [0.1, 0.15) is 0 Å². The van der Waals surface area contributed by atoms with Crippen LogP contribution in [0.4, 0.5) is 0 Å². The lowest BCUT2D eigenvalue weighted by Crippen LogP contribution is -2.04. The first-order chi connectivity index (χ1) is 7.63. The van der Waals surface area contributed by atoms with Crippen molar-refractivity contribution >= 4 is 34.9 Å². The Balaban J connectivity index is 2.62. The summed E-state index contributed by atoms with van der Waals surface area (Å²) in [5, 5.41) is 0.749. The van der Waals surface area contributed by atoms with E-state index < -0.39 is 0 Å². The van der Waals surface area contributed by atoms with Crippen molar-refractivity contribution in [1.82, 2.24) is 9.55 Å². The average molecular weight is 255 g/mol. The van der Waals surface area contributed by atoms with Crippen LogP contribution in [0, 0.1) is 4.77 Å². The van der Waals surface area contributed by atoms with E-state index in [2.05, 4.69) is 23.4 Å². The molecule has 1 heterocycles. The molecule has 0 fully saturated rings. The normalized spacial score (nSPS) is 13.2. The molecule has 2 rings (SSSR count). The van der Waals surface area contributed by atoms with Gasteiger partial charge in [-0.05, 0) is 43.8 Å². The van der Waals surface area contributed by atoms with Crippen molar-refractivity contribution in [1.29, 1.82) is 0 Å². The Morgan fingerprint density at radius 1 is 1.50 bits per heavy atom. The molecule has 0 radical (unpaired) electrons. The maximum atomic E-state index is 6.02. The summed E-state index contributed by atoms with van der Waals surface area (Å²) in [6.07, 6.45) is 2.27. The summed E-state index contributed by atoms with van der Waals surface area (Å²) in [4.78, 5) is 3.21. The van der Waals surface area contributed by atoms with Crippen molar-refractivity contribution in [2.24, 2.45) is 0 Å². The molecule has 1 unspecified atom stereocenters. The van der Waals surface area contributed by atoms with E-state index in [-0.39, 0.29) is 0 Å². The number of aromatic nitrogens is 2. The molecule has 1 aromatic carbocycles. The fourth-order valence-electron chi connectivity index (χ4n) is 2.08. The standard InChI is InChI=1S/C12H15ClN2S/c1-3-4-8(2)15-11-7-9(13)5-6-10(11)14-12(15)16/h5-8H,3-4H2,1-2H3,(H,14,16). The Hall–Kier alpha value is -0.800. The first kappa shape index (κ1) is 11.7. The van der Waals surface area contributed by atoms with Gasteiger partial charge in [-0.1, -0.05) is 24.9 Å². The van der Waals surface area contributed by atoms with Crippen LogP contribution >= 0.6 is 23.8 Å². The lowest BCUT2D eigenvalue weighted by atomic mass is 10.2. The number of halogens is 1. The highest BCUT2D eigenvalue weighted by Gasteiger charge is 2.10. The fourth-order valence-corrected chi connectivity index (χ4v) is 2.63. The minimum Gasteiger partial charge on any atom is -0.331 e. The maximum absolute atomic E-state index is 6.02. The van der Waals surface area contributed by atoms with Crippen LogP contribution < -0.4 is 0 Å². The Morgan fingerprint density at radius 3 is 2.94 bits per heavy atom. The highest BCUT2D eigenvalue weighted by molar-refractivity contribution is 7.71. The Labute approximate surface area is 105 Å². The predicted molar refractivity (Wildman–Crippen MR) is 71.8 cm³/mol. The fraction of sp³-hybridized carbons (Fsp3) is 0.417. The van der Waals surface area contributed by atoms with E-state index in [4.69, 9.17) is 23.8 Å². The third-order valence-electron chi connectivity index (χ3n) is 2.83. The zero-order chi connectivity index (χ0) is 11.7. The molecule has 2 aromatic rings. The smallest absolute Gasteiger partial charge is 0.178 e. The van der Waals surface area contributed by atoms with Crippen molar-refractivity contribution < 1.29 is 0 Å². The van der Waals surface area contributed by atoms with Crippen LogP contribution in [0.3, 0.4) is 0 Å². The van der Waals surface area contributed by atoms with E-state index in [0.717, 1.165) is 33.7 Å². The summed E-state index contributed by atoms with van der Waals surface area (Å²) in [6, 6.07) is 6.23. The number of rotatable bonds is 3. The highest BCUT2D eigenvalue weighted by Crippen LogP contribution is 2.24. The molecular weight excluding hydrogens is 240 g/mol. The van der Waals surface area contributed by atoms with E-state index in [1.165, 1.54) is 0 Å². The van der Waals surface area contributed by atoms with Crippen LogP contribution in [0.15, 0.2) is 18.2 Å². The quantitative estimate of drug-likeness (QED) is 0.787. The predicted octanol–water partition coefficient (Wildman–Crippen LogP) is 4.71. The average Bonchev–Trinajstić information content (AvgIpc) is 2.53. The van der Waals surface area contributed by atoms with Gasteiger partial charge in [0.15, 0.2) is 4.77 Å². The molecule has 0 aliphatic heterocycles. The van der Waals surface area contributed by atoms with E-state index in [1.807, 2.05) is 18.2 Å². The Kier molecular flexibility index (Phi) is 3.36. The second kappa shape index (κ2) is 4.60. The van der Waals surface area contributed by atoms with Crippen LogP contribution in [0.2, 0.25) is 5.02 Å². The minimum absolute atomic E-state index is 0.407. The molecule has 4 heteroatoms. The number of fused-ring (bicyclic) bond motifs is 1. The zero-order valence-electron chi connectivity index (χ0n) is 9.46. The first-order valence-electron chi connectivity index (χ1n) is 5.53. The molecule has 0 aliphatic carbocycles. The number of aromatic amines is 1. The second-order valence-electron chi connectivity index (χ2n) is 4.10. The van der Waals surface area contributed by atoms with Gasteiger partial charge < -0.3 is 9.55 Å². The van der Waals surface area contributed by atoms with Gasteiger partial charge in [0, 0.05) is 11.1 Å². The van der Waals surface area contributed by atoms with Gasteiger partial charge in [-0.2, -0.15) is 0 Å². The lowest BCUT2D eigenvalue weighted by Gasteiger charge is -2.13. The third-order valence-corrected chi connectivity index (χ3v) is 3.36. The van der Waals surface area contributed by atoms with Crippen molar-refractivity contribution in [2.45, 2.75) is 32.7 Å². The summed E-state index contributed by atoms with van der Waals surface area (Å²) in [5.74, 6) is 0. The summed E-state index contributed by atoms with van der Waals surface area (Å²) in [6.45, 7) is 4.37. The molecule has 1 aromatic heterocycles. The van der Waals surface area contributed by atoms with Gasteiger partial charge in [0.2, 0.25) is 0 Å². The molecule has 16 heavy (non-hydrogen) atoms. The summed E-state index contributed by atoms with van der Waals surface area (Å²) < 4.78 is 2.93. The summed E-state index contributed by atoms with van der Waals surface area (Å²) in [5.41, 5.74) is 2.15. The largest absolute Gasteiger partial charge is 0.331 e. The molecular formula is C12H15ClN2S. The number of nitrogens with zero attached hydrogens (tertiary/aromatic N) is 1. The van der Waals surface area contributed by atoms with Crippen LogP contribution in [0.1, 0.15) is 32.7 Å². The maximum Gasteiger partial charge on any atom is 0.178 e. The van der Waals surface area contributed by atoms with Crippen molar-refractivity contribution in [2.75, 3.05) is 0 Å². The van der Waals surface area contributed by atoms with Gasteiger partial charge in [-0.3, -0.25) is 0 Å². The first-order valence-corrected chi connectivity index (χ1v) is 6.32. The van der Waals surface area contributed by atoms with Crippen molar-refractivity contribution in [3.05, 3.63) is 28.0 Å². The van der Waals surface area contributed by atoms with Crippen LogP contribution in [0.25, 0.3) is 11.0 Å². The highest BCUT2D eigenvalue weighted by atomic mass is 35.5. The van der Waals surface area contributed by atoms with Crippen molar-refractivity contribution in [3.8, 4) is 0 Å². The Morgan fingerprint density at radius 2 is 2.25 bits per heavy atom. The third kappa shape index (κ3) is 2.02. The number of hydrogen-bond donors (Lipinski definition) is 1. The summed E-state index contributed by atoms with van der Waals surface area (Å²) in [7, 11) is 0. The topological polar surface area (TPSA) is 20.7 Å². The van der Waals surface area contributed by atoms with E-state index in [0.29, 0.717) is 6.04 Å². The van der Waals surface area contributed by atoms with Crippen LogP contribution in [0.5, 0.6) is 0 Å². The van der Waals surface area contributed by atoms with Crippen molar-refractivity contribution in [3.63, 3.8) is 0 Å². The van der Waals surface area contributed by atoms with Gasteiger partial charge in [-0.25, -0.2) is 0 Å². The minimum atomic E-state index is 0.407. The SMILES string of the molecule is CCCC(C)n1c(=S)[nH]c2ccc(Cl)cc21. The van der Waals surface area contributed by atoms with Crippen LogP contribution in [-0.2, 0) is 0 Å². The molecule has 86 valence electrons. The second-order valence-corrected chi connectivity index (χ2v) is 4.92. The Bertz CT molecular complexity index is 556. The number of imidazole rings is 1. The molecule has 1 atom stereocenters.